The maximum absolute atomic E-state index is 11.8. The van der Waals surface area contributed by atoms with Gasteiger partial charge in [-0.15, -0.1) is 0 Å². The second-order valence-corrected chi connectivity index (χ2v) is 3.51. The van der Waals surface area contributed by atoms with Gasteiger partial charge in [-0.2, -0.15) is 0 Å². The van der Waals surface area contributed by atoms with Crippen LogP contribution < -0.4 is 9.47 Å². The molecule has 0 fully saturated rings. The molecule has 0 N–H and O–H groups in total. The minimum absolute atomic E-state index is 0.288. The van der Waals surface area contributed by atoms with Crippen LogP contribution in [0.2, 0.25) is 0 Å². The first-order valence-electron chi connectivity index (χ1n) is 5.65. The summed E-state index contributed by atoms with van der Waals surface area (Å²) in [4.78, 5) is 15.7. The van der Waals surface area contributed by atoms with E-state index in [0.29, 0.717) is 12.2 Å². The Morgan fingerprint density at radius 1 is 1.17 bits per heavy atom. The zero-order valence-corrected chi connectivity index (χ0v) is 10.00. The minimum Gasteiger partial charge on any atom is -0.494 e. The Bertz CT molecular complexity index is 508. The summed E-state index contributed by atoms with van der Waals surface area (Å²) >= 11 is 0. The highest BCUT2D eigenvalue weighted by Crippen LogP contribution is 2.14. The lowest BCUT2D eigenvalue weighted by molar-refractivity contribution is 0.0727. The molecule has 0 atom stereocenters. The molecule has 0 bridgehead atoms. The van der Waals surface area contributed by atoms with Crippen LogP contribution in [0.3, 0.4) is 0 Å². The first-order chi connectivity index (χ1) is 8.79. The fourth-order valence-corrected chi connectivity index (χ4v) is 1.42. The molecule has 0 spiro atoms. The van der Waals surface area contributed by atoms with Crippen LogP contribution in [0.1, 0.15) is 17.3 Å². The van der Waals surface area contributed by atoms with E-state index in [4.69, 9.17) is 9.47 Å². The van der Waals surface area contributed by atoms with Gasteiger partial charge in [0.05, 0.1) is 12.2 Å². The summed E-state index contributed by atoms with van der Waals surface area (Å²) in [6.45, 7) is 2.50. The summed E-state index contributed by atoms with van der Waals surface area (Å²) in [5.41, 5.74) is 0.462. The Morgan fingerprint density at radius 3 is 2.56 bits per heavy atom. The van der Waals surface area contributed by atoms with E-state index in [-0.39, 0.29) is 5.88 Å². The van der Waals surface area contributed by atoms with Crippen molar-refractivity contribution < 1.29 is 14.3 Å². The monoisotopic (exact) mass is 243 g/mol. The lowest BCUT2D eigenvalue weighted by Gasteiger charge is -2.05. The fourth-order valence-electron chi connectivity index (χ4n) is 1.42. The molecule has 1 heterocycles. The van der Waals surface area contributed by atoms with E-state index in [1.165, 1.54) is 0 Å². The molecule has 4 nitrogen and oxygen atoms in total. The van der Waals surface area contributed by atoms with Crippen molar-refractivity contribution in [2.24, 2.45) is 0 Å². The summed E-state index contributed by atoms with van der Waals surface area (Å²) in [6, 6.07) is 11.9. The van der Waals surface area contributed by atoms with Crippen LogP contribution in [0.15, 0.2) is 48.7 Å². The van der Waals surface area contributed by atoms with Crippen LogP contribution in [0.25, 0.3) is 0 Å². The number of hydrogen-bond donors (Lipinski definition) is 0. The normalized spacial score (nSPS) is 9.83. The quantitative estimate of drug-likeness (QED) is 0.775. The molecule has 1 aromatic carbocycles. The molecule has 92 valence electrons. The van der Waals surface area contributed by atoms with Gasteiger partial charge in [-0.3, -0.25) is 0 Å². The molecule has 0 amide bonds. The van der Waals surface area contributed by atoms with Crippen molar-refractivity contribution in [2.75, 3.05) is 6.61 Å². The molecular weight excluding hydrogens is 230 g/mol. The molecule has 18 heavy (non-hydrogen) atoms. The van der Waals surface area contributed by atoms with E-state index in [1.54, 1.807) is 48.7 Å². The smallest absolute Gasteiger partial charge is 0.344 e. The molecule has 2 rings (SSSR count). The lowest BCUT2D eigenvalue weighted by atomic mass is 10.2. The minimum atomic E-state index is -0.434. The molecule has 0 radical (unpaired) electrons. The summed E-state index contributed by atoms with van der Waals surface area (Å²) in [5, 5.41) is 0. The average molecular weight is 243 g/mol. The van der Waals surface area contributed by atoms with Gasteiger partial charge in [0.25, 0.3) is 0 Å². The van der Waals surface area contributed by atoms with Crippen LogP contribution in [0.5, 0.6) is 11.6 Å². The maximum Gasteiger partial charge on any atom is 0.344 e. The first-order valence-corrected chi connectivity index (χ1v) is 5.65. The number of carbonyl (C=O) groups is 1. The second-order valence-electron chi connectivity index (χ2n) is 3.51. The third-order valence-corrected chi connectivity index (χ3v) is 2.24. The number of pyridine rings is 1. The van der Waals surface area contributed by atoms with Crippen LogP contribution in [-0.2, 0) is 0 Å². The highest BCUT2D eigenvalue weighted by Gasteiger charge is 2.08. The van der Waals surface area contributed by atoms with Crippen molar-refractivity contribution in [3.05, 3.63) is 54.2 Å². The fraction of sp³-hybridized carbons (Fsp3) is 0.143. The Balaban J connectivity index is 2.05. The summed E-state index contributed by atoms with van der Waals surface area (Å²) < 4.78 is 10.4. The SMILES string of the molecule is CCOc1ccc(C(=O)Oc2ccccn2)cc1. The molecule has 0 aliphatic heterocycles. The van der Waals surface area contributed by atoms with Gasteiger partial charge in [-0.25, -0.2) is 9.78 Å². The third-order valence-electron chi connectivity index (χ3n) is 2.24. The number of ether oxygens (including phenoxy) is 2. The number of aromatic nitrogens is 1. The number of hydrogen-bond acceptors (Lipinski definition) is 4. The Labute approximate surface area is 105 Å². The van der Waals surface area contributed by atoms with E-state index >= 15 is 0 Å². The van der Waals surface area contributed by atoms with Crippen LogP contribution in [-0.4, -0.2) is 17.6 Å². The van der Waals surface area contributed by atoms with Gasteiger partial charge in [-0.1, -0.05) is 6.07 Å². The van der Waals surface area contributed by atoms with Gasteiger partial charge >= 0.3 is 5.97 Å². The van der Waals surface area contributed by atoms with Gasteiger partial charge in [0.1, 0.15) is 5.75 Å². The number of benzene rings is 1. The summed E-state index contributed by atoms with van der Waals surface area (Å²) in [7, 11) is 0. The molecular formula is C14H13NO3. The number of esters is 1. The van der Waals surface area contributed by atoms with Crippen molar-refractivity contribution >= 4 is 5.97 Å². The third kappa shape index (κ3) is 3.07. The average Bonchev–Trinajstić information content (AvgIpc) is 2.41. The van der Waals surface area contributed by atoms with Gasteiger partial charge in [0, 0.05) is 12.3 Å². The van der Waals surface area contributed by atoms with E-state index < -0.39 is 5.97 Å². The number of nitrogens with zero attached hydrogens (tertiary/aromatic N) is 1. The van der Waals surface area contributed by atoms with Crippen molar-refractivity contribution in [1.82, 2.24) is 4.98 Å². The molecule has 0 saturated carbocycles. The van der Waals surface area contributed by atoms with Crippen LogP contribution >= 0.6 is 0 Å². The topological polar surface area (TPSA) is 48.4 Å². The standard InChI is InChI=1S/C14H13NO3/c1-2-17-12-8-6-11(7-9-12)14(16)18-13-5-3-4-10-15-13/h3-10H,2H2,1H3. The van der Waals surface area contributed by atoms with Crippen molar-refractivity contribution in [3.8, 4) is 11.6 Å². The van der Waals surface area contributed by atoms with E-state index in [1.807, 2.05) is 6.92 Å². The molecule has 1 aromatic heterocycles. The van der Waals surface area contributed by atoms with Gasteiger partial charge < -0.3 is 9.47 Å². The maximum atomic E-state index is 11.8. The summed E-state index contributed by atoms with van der Waals surface area (Å²) in [6.07, 6.45) is 1.57. The van der Waals surface area contributed by atoms with Gasteiger partial charge in [0.2, 0.25) is 5.88 Å². The zero-order chi connectivity index (χ0) is 12.8. The number of rotatable bonds is 4. The van der Waals surface area contributed by atoms with Crippen LogP contribution in [0.4, 0.5) is 0 Å². The second kappa shape index (κ2) is 5.82. The molecule has 0 unspecified atom stereocenters. The predicted molar refractivity (Wildman–Crippen MR) is 66.8 cm³/mol. The van der Waals surface area contributed by atoms with E-state index in [0.717, 1.165) is 5.75 Å². The Hall–Kier alpha value is -2.36. The Morgan fingerprint density at radius 2 is 1.94 bits per heavy atom. The lowest BCUT2D eigenvalue weighted by Crippen LogP contribution is -2.09. The van der Waals surface area contributed by atoms with Gasteiger partial charge in [0.15, 0.2) is 0 Å². The molecule has 2 aromatic rings. The highest BCUT2D eigenvalue weighted by molar-refractivity contribution is 5.90. The predicted octanol–water partition coefficient (Wildman–Crippen LogP) is 2.70. The molecule has 0 aliphatic rings. The zero-order valence-electron chi connectivity index (χ0n) is 10.00. The Kier molecular flexibility index (Phi) is 3.91. The number of carbonyl (C=O) groups excluding carboxylic acids is 1. The first kappa shape index (κ1) is 12.1. The largest absolute Gasteiger partial charge is 0.494 e. The molecule has 4 heteroatoms. The van der Waals surface area contributed by atoms with Gasteiger partial charge in [-0.05, 0) is 37.3 Å². The molecule has 0 saturated heterocycles. The van der Waals surface area contributed by atoms with Crippen molar-refractivity contribution in [1.29, 1.82) is 0 Å². The van der Waals surface area contributed by atoms with E-state index in [9.17, 15) is 4.79 Å². The highest BCUT2D eigenvalue weighted by atomic mass is 16.5. The van der Waals surface area contributed by atoms with Crippen molar-refractivity contribution in [3.63, 3.8) is 0 Å². The molecule has 0 aliphatic carbocycles. The van der Waals surface area contributed by atoms with Crippen LogP contribution in [0, 0.1) is 0 Å². The summed E-state index contributed by atoms with van der Waals surface area (Å²) in [5.74, 6) is 0.583. The van der Waals surface area contributed by atoms with E-state index in [2.05, 4.69) is 4.98 Å². The van der Waals surface area contributed by atoms with Crippen molar-refractivity contribution in [2.45, 2.75) is 6.92 Å².